The maximum atomic E-state index is 9.17. The van der Waals surface area contributed by atoms with Gasteiger partial charge in [-0.2, -0.15) is 0 Å². The lowest BCUT2D eigenvalue weighted by atomic mass is 10.1. The van der Waals surface area contributed by atoms with Gasteiger partial charge in [-0.15, -0.1) is 0 Å². The van der Waals surface area contributed by atoms with Gasteiger partial charge in [-0.05, 0) is 26.3 Å². The summed E-state index contributed by atoms with van der Waals surface area (Å²) in [4.78, 5) is 10.4. The molecule has 1 atom stereocenters. The fourth-order valence-corrected chi connectivity index (χ4v) is 1.06. The predicted octanol–water partition coefficient (Wildman–Crippen LogP) is 2.47. The topological polar surface area (TPSA) is 38.7 Å². The molecule has 84 valence electrons. The zero-order chi connectivity index (χ0) is 11.3. The van der Waals surface area contributed by atoms with E-state index < -0.39 is 6.10 Å². The summed E-state index contributed by atoms with van der Waals surface area (Å²) >= 11 is 0. The molecule has 0 saturated heterocycles. The summed E-state index contributed by atoms with van der Waals surface area (Å²) in [6.45, 7) is 5.59. The van der Waals surface area contributed by atoms with Crippen LogP contribution in [0.15, 0.2) is 30.3 Å². The third kappa shape index (κ3) is 4.42. The Bertz CT molecular complexity index is 277. The van der Waals surface area contributed by atoms with Crippen molar-refractivity contribution in [1.82, 2.24) is 0 Å². The zero-order valence-corrected chi connectivity index (χ0v) is 9.43. The smallest absolute Gasteiger partial charge is 0.141 e. The van der Waals surface area contributed by atoms with Crippen LogP contribution in [0.4, 0.5) is 0 Å². The van der Waals surface area contributed by atoms with E-state index in [1.807, 2.05) is 51.1 Å². The first-order chi connectivity index (χ1) is 7.03. The van der Waals surface area contributed by atoms with Gasteiger partial charge in [-0.25, -0.2) is 9.78 Å². The summed E-state index contributed by atoms with van der Waals surface area (Å²) in [6.07, 6.45) is -0.426. The molecule has 0 radical (unpaired) electrons. The molecule has 0 aliphatic heterocycles. The molecule has 0 heterocycles. The zero-order valence-electron chi connectivity index (χ0n) is 9.43. The van der Waals surface area contributed by atoms with Crippen LogP contribution in [0.2, 0.25) is 0 Å². The van der Waals surface area contributed by atoms with E-state index in [1.165, 1.54) is 0 Å². The maximum absolute atomic E-state index is 9.17. The van der Waals surface area contributed by atoms with Crippen molar-refractivity contribution in [3.05, 3.63) is 35.9 Å². The predicted molar refractivity (Wildman–Crippen MR) is 58.2 cm³/mol. The van der Waals surface area contributed by atoms with E-state index in [-0.39, 0.29) is 12.2 Å². The molecule has 1 unspecified atom stereocenters. The average molecular weight is 210 g/mol. The number of hydrogen-bond acceptors (Lipinski definition) is 3. The number of rotatable bonds is 4. The highest BCUT2D eigenvalue weighted by atomic mass is 17.2. The number of aliphatic hydroxyl groups is 1. The van der Waals surface area contributed by atoms with Crippen LogP contribution >= 0.6 is 0 Å². The average Bonchev–Trinajstić information content (AvgIpc) is 2.19. The van der Waals surface area contributed by atoms with Gasteiger partial charge in [0.2, 0.25) is 0 Å². The first kappa shape index (κ1) is 12.2. The standard InChI is InChI=1S/C12H18O3/c1-12(2,3)15-14-11(9-13)10-7-5-4-6-8-10/h4-8,11,13H,9H2,1-3H3. The Morgan fingerprint density at radius 1 is 1.20 bits per heavy atom. The van der Waals surface area contributed by atoms with Crippen LogP contribution in [0.5, 0.6) is 0 Å². The summed E-state index contributed by atoms with van der Waals surface area (Å²) in [5.41, 5.74) is 0.534. The van der Waals surface area contributed by atoms with Crippen LogP contribution < -0.4 is 0 Å². The molecule has 1 N–H and O–H groups in total. The van der Waals surface area contributed by atoms with Gasteiger partial charge in [-0.1, -0.05) is 30.3 Å². The van der Waals surface area contributed by atoms with E-state index >= 15 is 0 Å². The Balaban J connectivity index is 2.58. The molecule has 0 aromatic heterocycles. The van der Waals surface area contributed by atoms with Crippen LogP contribution in [0.1, 0.15) is 32.4 Å². The molecule has 0 fully saturated rings. The Hall–Kier alpha value is -0.900. The third-order valence-electron chi connectivity index (χ3n) is 1.75. The Labute approximate surface area is 90.6 Å². The van der Waals surface area contributed by atoms with Gasteiger partial charge in [0, 0.05) is 0 Å². The Morgan fingerprint density at radius 3 is 2.27 bits per heavy atom. The summed E-state index contributed by atoms with van der Waals surface area (Å²) in [7, 11) is 0. The van der Waals surface area contributed by atoms with E-state index in [4.69, 9.17) is 9.78 Å². The maximum Gasteiger partial charge on any atom is 0.141 e. The van der Waals surface area contributed by atoms with Crippen molar-refractivity contribution in [2.75, 3.05) is 6.61 Å². The molecule has 0 bridgehead atoms. The van der Waals surface area contributed by atoms with Crippen molar-refractivity contribution in [3.63, 3.8) is 0 Å². The number of benzene rings is 1. The molecule has 0 spiro atoms. The fraction of sp³-hybridized carbons (Fsp3) is 0.500. The van der Waals surface area contributed by atoms with E-state index in [1.54, 1.807) is 0 Å². The first-order valence-electron chi connectivity index (χ1n) is 5.03. The Kier molecular flexibility index (Phi) is 4.27. The van der Waals surface area contributed by atoms with Gasteiger partial charge in [0.15, 0.2) is 0 Å². The minimum atomic E-state index is -0.426. The summed E-state index contributed by atoms with van der Waals surface area (Å²) in [6, 6.07) is 9.51. The van der Waals surface area contributed by atoms with Crippen LogP contribution in [-0.2, 0) is 9.78 Å². The molecule has 3 heteroatoms. The van der Waals surface area contributed by atoms with E-state index in [2.05, 4.69) is 0 Å². The molecule has 0 saturated carbocycles. The molecule has 1 aromatic carbocycles. The van der Waals surface area contributed by atoms with Gasteiger partial charge < -0.3 is 5.11 Å². The second-order valence-electron chi connectivity index (χ2n) is 4.37. The van der Waals surface area contributed by atoms with Crippen LogP contribution in [0.25, 0.3) is 0 Å². The number of hydrogen-bond donors (Lipinski definition) is 1. The first-order valence-corrected chi connectivity index (χ1v) is 5.03. The lowest BCUT2D eigenvalue weighted by Crippen LogP contribution is -2.22. The Morgan fingerprint density at radius 2 is 1.80 bits per heavy atom. The molecule has 1 aromatic rings. The quantitative estimate of drug-likeness (QED) is 0.613. The van der Waals surface area contributed by atoms with Crippen molar-refractivity contribution >= 4 is 0 Å². The van der Waals surface area contributed by atoms with Crippen molar-refractivity contribution < 1.29 is 14.9 Å². The van der Waals surface area contributed by atoms with Crippen LogP contribution in [0, 0.1) is 0 Å². The SMILES string of the molecule is CC(C)(C)OOC(CO)c1ccccc1. The molecular formula is C12H18O3. The van der Waals surface area contributed by atoms with E-state index in [0.29, 0.717) is 0 Å². The highest BCUT2D eigenvalue weighted by molar-refractivity contribution is 5.17. The largest absolute Gasteiger partial charge is 0.393 e. The minimum absolute atomic E-state index is 0.0971. The third-order valence-corrected chi connectivity index (χ3v) is 1.75. The van der Waals surface area contributed by atoms with E-state index in [9.17, 15) is 5.11 Å². The lowest BCUT2D eigenvalue weighted by Gasteiger charge is -2.22. The normalized spacial score (nSPS) is 13.9. The second-order valence-corrected chi connectivity index (χ2v) is 4.37. The van der Waals surface area contributed by atoms with Gasteiger partial charge >= 0.3 is 0 Å². The molecule has 3 nitrogen and oxygen atoms in total. The van der Waals surface area contributed by atoms with Gasteiger partial charge in [0.1, 0.15) is 6.10 Å². The monoisotopic (exact) mass is 210 g/mol. The molecule has 0 aliphatic rings. The number of aliphatic hydroxyl groups excluding tert-OH is 1. The van der Waals surface area contributed by atoms with Crippen molar-refractivity contribution in [2.24, 2.45) is 0 Å². The summed E-state index contributed by atoms with van der Waals surface area (Å²) in [5.74, 6) is 0. The van der Waals surface area contributed by atoms with Gasteiger partial charge in [0.25, 0.3) is 0 Å². The van der Waals surface area contributed by atoms with Crippen molar-refractivity contribution in [2.45, 2.75) is 32.5 Å². The highest BCUT2D eigenvalue weighted by Crippen LogP contribution is 2.19. The summed E-state index contributed by atoms with van der Waals surface area (Å²) in [5, 5.41) is 9.17. The summed E-state index contributed by atoms with van der Waals surface area (Å²) < 4.78 is 0. The van der Waals surface area contributed by atoms with Crippen LogP contribution in [0.3, 0.4) is 0 Å². The second kappa shape index (κ2) is 5.26. The molecule has 0 amide bonds. The lowest BCUT2D eigenvalue weighted by molar-refractivity contribution is -0.379. The van der Waals surface area contributed by atoms with Gasteiger partial charge in [0.05, 0.1) is 12.2 Å². The molecular weight excluding hydrogens is 192 g/mol. The van der Waals surface area contributed by atoms with E-state index in [0.717, 1.165) is 5.56 Å². The minimum Gasteiger partial charge on any atom is -0.393 e. The van der Waals surface area contributed by atoms with Crippen LogP contribution in [-0.4, -0.2) is 17.3 Å². The van der Waals surface area contributed by atoms with Gasteiger partial charge in [-0.3, -0.25) is 0 Å². The fourth-order valence-electron chi connectivity index (χ4n) is 1.06. The molecule has 15 heavy (non-hydrogen) atoms. The van der Waals surface area contributed by atoms with Crippen molar-refractivity contribution in [3.8, 4) is 0 Å². The highest BCUT2D eigenvalue weighted by Gasteiger charge is 2.17. The van der Waals surface area contributed by atoms with Crippen molar-refractivity contribution in [1.29, 1.82) is 0 Å². The molecule has 1 rings (SSSR count). The molecule has 0 aliphatic carbocycles.